The molecular formula is C81H55F4NO2. The van der Waals surface area contributed by atoms with Crippen molar-refractivity contribution in [1.82, 2.24) is 0 Å². The Morgan fingerprint density at radius 2 is 0.625 bits per heavy atom. The highest BCUT2D eigenvalue weighted by atomic mass is 19.2. The number of ether oxygens (including phenoxy) is 2. The lowest BCUT2D eigenvalue weighted by molar-refractivity contribution is 0.482. The van der Waals surface area contributed by atoms with E-state index in [9.17, 15) is 0 Å². The summed E-state index contributed by atoms with van der Waals surface area (Å²) in [6.45, 7) is 12.3. The number of halogens is 4. The minimum atomic E-state index is -1.18. The van der Waals surface area contributed by atoms with Gasteiger partial charge < -0.3 is 14.4 Å². The van der Waals surface area contributed by atoms with Gasteiger partial charge in [-0.3, -0.25) is 0 Å². The summed E-state index contributed by atoms with van der Waals surface area (Å²) in [5.74, 6) is -1.32. The van der Waals surface area contributed by atoms with Crippen molar-refractivity contribution in [2.75, 3.05) is 4.90 Å². The van der Waals surface area contributed by atoms with Gasteiger partial charge in [0.25, 0.3) is 0 Å². The zero-order valence-corrected chi connectivity index (χ0v) is 48.2. The first-order chi connectivity index (χ1) is 42.9. The molecular weight excluding hydrogens is 1090 g/mol. The molecule has 0 aliphatic heterocycles. The van der Waals surface area contributed by atoms with Crippen molar-refractivity contribution in [2.24, 2.45) is 0 Å². The first-order valence-electron chi connectivity index (χ1n) is 29.3. The van der Waals surface area contributed by atoms with Gasteiger partial charge in [0.15, 0.2) is 23.3 Å². The van der Waals surface area contributed by atoms with Gasteiger partial charge in [0.05, 0.1) is 10.8 Å². The molecule has 0 heterocycles. The molecule has 2 atom stereocenters. The minimum Gasteiger partial charge on any atom is -0.457 e. The van der Waals surface area contributed by atoms with Crippen LogP contribution in [0.5, 0.6) is 23.0 Å². The van der Waals surface area contributed by atoms with Gasteiger partial charge in [-0.1, -0.05) is 191 Å². The molecule has 0 bridgehead atoms. The monoisotopic (exact) mass is 1150 g/mol. The zero-order valence-electron chi connectivity index (χ0n) is 48.2. The summed E-state index contributed by atoms with van der Waals surface area (Å²) in [6, 6.07) is 84.0. The van der Waals surface area contributed by atoms with Gasteiger partial charge in [-0.05, 0) is 209 Å². The molecule has 0 aromatic heterocycles. The van der Waals surface area contributed by atoms with Gasteiger partial charge in [-0.15, -0.1) is 0 Å². The molecule has 3 aliphatic carbocycles. The Kier molecular flexibility index (Phi) is 12.7. The van der Waals surface area contributed by atoms with Gasteiger partial charge in [-0.2, -0.15) is 0 Å². The van der Waals surface area contributed by atoms with Gasteiger partial charge >= 0.3 is 0 Å². The largest absolute Gasteiger partial charge is 0.457 e. The lowest BCUT2D eigenvalue weighted by atomic mass is 9.67. The van der Waals surface area contributed by atoms with Crippen LogP contribution in [0.4, 0.5) is 34.6 Å². The third-order valence-electron chi connectivity index (χ3n) is 18.4. The molecule has 0 spiro atoms. The number of anilines is 3. The van der Waals surface area contributed by atoms with E-state index in [1.54, 1.807) is 24.3 Å². The fraction of sp³-hybridized carbons (Fsp3) is 0.0617. The third kappa shape index (κ3) is 8.32. The number of rotatable bonds is 13. The Labute approximate surface area is 509 Å². The maximum atomic E-state index is 16.2. The molecule has 2 unspecified atom stereocenters. The fourth-order valence-electron chi connectivity index (χ4n) is 14.3. The van der Waals surface area contributed by atoms with Crippen LogP contribution in [0.15, 0.2) is 274 Å². The predicted molar refractivity (Wildman–Crippen MR) is 346 cm³/mol. The second kappa shape index (κ2) is 20.7. The van der Waals surface area contributed by atoms with Crippen molar-refractivity contribution in [3.8, 4) is 56.4 Å². The Morgan fingerprint density at radius 1 is 0.307 bits per heavy atom. The number of nitrogens with zero attached hydrogens (tertiary/aromatic N) is 1. The van der Waals surface area contributed by atoms with Gasteiger partial charge in [-0.25, -0.2) is 17.6 Å². The second-order valence-corrected chi connectivity index (χ2v) is 23.3. The predicted octanol–water partition coefficient (Wildman–Crippen LogP) is 21.6. The van der Waals surface area contributed by atoms with Gasteiger partial charge in [0.2, 0.25) is 0 Å². The van der Waals surface area contributed by atoms with Crippen LogP contribution in [-0.4, -0.2) is 0 Å². The quantitative estimate of drug-likeness (QED) is 0.107. The molecule has 3 aliphatic rings. The summed E-state index contributed by atoms with van der Waals surface area (Å²) in [6.07, 6.45) is 3.56. The van der Waals surface area contributed by atoms with Crippen molar-refractivity contribution >= 4 is 29.2 Å². The molecule has 0 amide bonds. The molecule has 0 fully saturated rings. The number of fused-ring (bicyclic) bond motifs is 9. The van der Waals surface area contributed by atoms with Crippen LogP contribution in [0.25, 0.3) is 45.5 Å². The van der Waals surface area contributed by atoms with E-state index in [-0.39, 0.29) is 5.41 Å². The lowest BCUT2D eigenvalue weighted by Crippen LogP contribution is -2.29. The molecule has 0 radical (unpaired) electrons. The van der Waals surface area contributed by atoms with E-state index < -0.39 is 34.1 Å². The first kappa shape index (κ1) is 53.9. The van der Waals surface area contributed by atoms with Gasteiger partial charge in [0.1, 0.15) is 23.0 Å². The molecule has 12 aromatic rings. The second-order valence-electron chi connectivity index (χ2n) is 23.3. The van der Waals surface area contributed by atoms with E-state index in [0.29, 0.717) is 34.1 Å². The van der Waals surface area contributed by atoms with Crippen LogP contribution in [-0.2, 0) is 16.2 Å². The summed E-state index contributed by atoms with van der Waals surface area (Å²) >= 11 is 0. The maximum Gasteiger partial charge on any atom is 0.159 e. The van der Waals surface area contributed by atoms with E-state index in [4.69, 9.17) is 9.47 Å². The van der Waals surface area contributed by atoms with Crippen LogP contribution < -0.4 is 14.4 Å². The zero-order chi connectivity index (χ0) is 60.1. The van der Waals surface area contributed by atoms with E-state index in [0.717, 1.165) is 95.0 Å². The van der Waals surface area contributed by atoms with Crippen LogP contribution in [0.1, 0.15) is 80.6 Å². The van der Waals surface area contributed by atoms with Crippen LogP contribution in [0.2, 0.25) is 0 Å². The summed E-state index contributed by atoms with van der Waals surface area (Å²) < 4.78 is 75.9. The smallest absolute Gasteiger partial charge is 0.159 e. The Balaban J connectivity index is 0.961. The number of hydrogen-bond acceptors (Lipinski definition) is 3. The van der Waals surface area contributed by atoms with Crippen molar-refractivity contribution < 1.29 is 27.0 Å². The lowest BCUT2D eigenvalue weighted by Gasteiger charge is -2.36. The van der Waals surface area contributed by atoms with Crippen LogP contribution in [0, 0.1) is 23.3 Å². The highest BCUT2D eigenvalue weighted by molar-refractivity contribution is 5.93. The van der Waals surface area contributed by atoms with E-state index in [1.807, 2.05) is 121 Å². The number of benzene rings is 12. The Bertz CT molecular complexity index is 4550. The fourth-order valence-corrected chi connectivity index (χ4v) is 14.3. The highest BCUT2D eigenvalue weighted by Gasteiger charge is 2.49. The van der Waals surface area contributed by atoms with Gasteiger partial charge in [0, 0.05) is 22.5 Å². The summed E-state index contributed by atoms with van der Waals surface area (Å²) in [4.78, 5) is 2.26. The molecule has 0 saturated heterocycles. The summed E-state index contributed by atoms with van der Waals surface area (Å²) in [5, 5.41) is 0. The summed E-state index contributed by atoms with van der Waals surface area (Å²) in [7, 11) is 0. The average Bonchev–Trinajstić information content (AvgIpc) is 1.53. The molecule has 12 aromatic carbocycles. The molecule has 0 N–H and O–H groups in total. The Hall–Kier alpha value is -10.8. The van der Waals surface area contributed by atoms with E-state index >= 15 is 17.6 Å². The summed E-state index contributed by atoms with van der Waals surface area (Å²) in [5.41, 5.74) is 16.4. The molecule has 15 rings (SSSR count). The van der Waals surface area contributed by atoms with Crippen molar-refractivity contribution in [3.63, 3.8) is 0 Å². The third-order valence-corrected chi connectivity index (χ3v) is 18.4. The standard InChI is InChI=1S/C81H55F4NO2/c1-5-50-19-32-59(33-20-50)87-61-36-23-52(24-37-61)80(54-27-43-75(82)77(84)45-54)70-17-11-8-14-64(70)67-41-30-57(48-73(67)80)86(56-29-40-66-63-13-7-10-16-69(63)79(3,4)72(66)47-56)58-31-42-68-65-15-9-12-18-71(65)81(74(68)49-58,55-28-44-76(83)78(85)46-55)53-25-38-62(39-26-53)88-60-34-21-51(6-2)22-35-60/h5-49H,1-2H2,3-4H3. The van der Waals surface area contributed by atoms with E-state index in [2.05, 4.69) is 135 Å². The number of hydrogen-bond donors (Lipinski definition) is 0. The van der Waals surface area contributed by atoms with Crippen LogP contribution >= 0.6 is 0 Å². The van der Waals surface area contributed by atoms with Crippen LogP contribution in [0.3, 0.4) is 0 Å². The first-order valence-corrected chi connectivity index (χ1v) is 29.3. The van der Waals surface area contributed by atoms with E-state index in [1.165, 1.54) is 35.4 Å². The highest BCUT2D eigenvalue weighted by Crippen LogP contribution is 2.61. The molecule has 424 valence electrons. The maximum absolute atomic E-state index is 16.2. The topological polar surface area (TPSA) is 21.7 Å². The molecule has 3 nitrogen and oxygen atoms in total. The van der Waals surface area contributed by atoms with Crippen molar-refractivity contribution in [1.29, 1.82) is 0 Å². The molecule has 88 heavy (non-hydrogen) atoms. The average molecular weight is 1150 g/mol. The normalized spacial score (nSPS) is 16.1. The molecule has 7 heteroatoms. The van der Waals surface area contributed by atoms with Crippen molar-refractivity contribution in [2.45, 2.75) is 30.1 Å². The Morgan fingerprint density at radius 3 is 1.01 bits per heavy atom. The molecule has 0 saturated carbocycles. The minimum absolute atomic E-state index is 0.369. The SMILES string of the molecule is C=Cc1ccc(Oc2ccc(C3(c4ccc(F)c(F)c4)c4ccccc4-c4ccc(N(c5ccc6c(c5)C(C)(C)c5ccccc5-6)c5ccc6c(c5)C(c5ccc(Oc7ccc(C=C)cc7)cc5)(c5ccc(F)c(F)c5)c5ccccc5-6)cc43)cc2)cc1. The van der Waals surface area contributed by atoms with Crippen molar-refractivity contribution in [3.05, 3.63) is 364 Å².